The van der Waals surface area contributed by atoms with Gasteiger partial charge in [0.2, 0.25) is 5.60 Å². The minimum absolute atomic E-state index is 0.151. The summed E-state index contributed by atoms with van der Waals surface area (Å²) in [6.07, 6.45) is 24.7. The van der Waals surface area contributed by atoms with Gasteiger partial charge in [-0.1, -0.05) is 122 Å². The van der Waals surface area contributed by atoms with Crippen LogP contribution in [0.1, 0.15) is 142 Å². The molecule has 4 nitrogen and oxygen atoms in total. The normalized spacial score (nSPS) is 13.3. The number of hydrogen-bond acceptors (Lipinski definition) is 3. The summed E-state index contributed by atoms with van der Waals surface area (Å²) >= 11 is 0. The van der Waals surface area contributed by atoms with Crippen LogP contribution in [0.3, 0.4) is 0 Å². The Morgan fingerprint density at radius 3 is 1.14 bits per heavy atom. The van der Waals surface area contributed by atoms with Gasteiger partial charge in [0.05, 0.1) is 0 Å². The first-order chi connectivity index (χ1) is 13.9. The van der Waals surface area contributed by atoms with Crippen LogP contribution in [0.5, 0.6) is 0 Å². The summed E-state index contributed by atoms with van der Waals surface area (Å²) in [5.74, 6) is -2.04. The number of unbranched alkanes of at least 4 members (excludes halogenated alkanes) is 18. The van der Waals surface area contributed by atoms with E-state index in [0.717, 1.165) is 19.8 Å². The summed E-state index contributed by atoms with van der Waals surface area (Å²) in [5, 5.41) is 18.4. The van der Waals surface area contributed by atoms with E-state index in [1.54, 1.807) is 0 Å². The van der Waals surface area contributed by atoms with Crippen LogP contribution in [0.25, 0.3) is 0 Å². The summed E-state index contributed by atoms with van der Waals surface area (Å²) in [5.41, 5.74) is -2.23. The number of hydrogen-bond donors (Lipinski definition) is 2. The number of carbonyl (C=O) groups is 2. The highest BCUT2D eigenvalue weighted by atomic mass is 16.4. The molecule has 0 heterocycles. The zero-order valence-electron chi connectivity index (χ0n) is 19.4. The summed E-state index contributed by atoms with van der Waals surface area (Å²) in [6, 6.07) is 0. The Labute approximate surface area is 179 Å². The van der Waals surface area contributed by atoms with Gasteiger partial charge in [-0.15, -0.1) is 0 Å². The minimum atomic E-state index is -2.23. The first-order valence-corrected chi connectivity index (χ1v) is 12.4. The zero-order chi connectivity index (χ0) is 21.8. The molecule has 0 radical (unpaired) electrons. The van der Waals surface area contributed by atoms with Gasteiger partial charge >= 0.3 is 5.97 Å². The molecule has 0 aliphatic carbocycles. The molecule has 0 aromatic rings. The van der Waals surface area contributed by atoms with Crippen LogP contribution in [0.15, 0.2) is 0 Å². The van der Waals surface area contributed by atoms with E-state index in [4.69, 9.17) is 5.11 Å². The lowest BCUT2D eigenvalue weighted by molar-refractivity contribution is -0.163. The van der Waals surface area contributed by atoms with Gasteiger partial charge in [-0.2, -0.15) is 0 Å². The van der Waals surface area contributed by atoms with E-state index in [9.17, 15) is 14.7 Å². The van der Waals surface area contributed by atoms with Crippen molar-refractivity contribution >= 4 is 11.8 Å². The van der Waals surface area contributed by atoms with E-state index in [1.165, 1.54) is 103 Å². The predicted molar refractivity (Wildman–Crippen MR) is 121 cm³/mol. The van der Waals surface area contributed by atoms with E-state index in [2.05, 4.69) is 6.92 Å². The number of carboxylic acids is 1. The van der Waals surface area contributed by atoms with Crippen LogP contribution < -0.4 is 0 Å². The van der Waals surface area contributed by atoms with Crippen molar-refractivity contribution < 1.29 is 19.8 Å². The van der Waals surface area contributed by atoms with Crippen molar-refractivity contribution in [2.45, 2.75) is 148 Å². The second kappa shape index (κ2) is 19.1. The van der Waals surface area contributed by atoms with Crippen molar-refractivity contribution in [3.63, 3.8) is 0 Å². The molecule has 0 aromatic carbocycles. The molecule has 0 aromatic heterocycles. The summed E-state index contributed by atoms with van der Waals surface area (Å²) in [6.45, 7) is 3.33. The molecule has 0 aliphatic heterocycles. The maximum Gasteiger partial charge on any atom is 0.343 e. The van der Waals surface area contributed by atoms with Crippen molar-refractivity contribution in [3.05, 3.63) is 0 Å². The molecule has 172 valence electrons. The Balaban J connectivity index is 3.23. The van der Waals surface area contributed by atoms with Gasteiger partial charge in [0.15, 0.2) is 5.78 Å². The summed E-state index contributed by atoms with van der Waals surface area (Å²) in [7, 11) is 0. The monoisotopic (exact) mass is 412 g/mol. The number of carbonyl (C=O) groups excluding carboxylic acids is 1. The van der Waals surface area contributed by atoms with Crippen molar-refractivity contribution in [1.29, 1.82) is 0 Å². The first kappa shape index (κ1) is 28.1. The Kier molecular flexibility index (Phi) is 18.5. The first-order valence-electron chi connectivity index (χ1n) is 12.4. The standard InChI is InChI=1S/C25H48O4/c1-3-4-5-6-7-8-9-10-11-12-13-14-15-16-17-18-19-20-21-22-23(26)25(2,29)24(27)28/h29H,3-22H2,1-2H3,(H,27,28). The van der Waals surface area contributed by atoms with Crippen molar-refractivity contribution in [3.8, 4) is 0 Å². The molecule has 0 saturated heterocycles. The molecular formula is C25H48O4. The molecule has 0 fully saturated rings. The Morgan fingerprint density at radius 1 is 0.586 bits per heavy atom. The molecule has 0 rings (SSSR count). The zero-order valence-corrected chi connectivity index (χ0v) is 19.4. The van der Waals surface area contributed by atoms with Gasteiger partial charge in [0, 0.05) is 6.42 Å². The molecule has 0 amide bonds. The highest BCUT2D eigenvalue weighted by Gasteiger charge is 2.37. The second-order valence-electron chi connectivity index (χ2n) is 8.91. The molecule has 0 spiro atoms. The number of aliphatic hydroxyl groups is 1. The maximum absolute atomic E-state index is 11.7. The number of rotatable bonds is 22. The second-order valence-corrected chi connectivity index (χ2v) is 8.91. The van der Waals surface area contributed by atoms with Crippen LogP contribution in [-0.4, -0.2) is 27.6 Å². The topological polar surface area (TPSA) is 74.6 Å². The third kappa shape index (κ3) is 16.6. The van der Waals surface area contributed by atoms with Gasteiger partial charge < -0.3 is 10.2 Å². The third-order valence-electron chi connectivity index (χ3n) is 5.97. The van der Waals surface area contributed by atoms with E-state index >= 15 is 0 Å². The fourth-order valence-electron chi connectivity index (χ4n) is 3.73. The highest BCUT2D eigenvalue weighted by molar-refractivity contribution is 6.05. The van der Waals surface area contributed by atoms with E-state index < -0.39 is 17.4 Å². The average molecular weight is 413 g/mol. The Bertz CT molecular complexity index is 404. The van der Waals surface area contributed by atoms with Crippen LogP contribution in [0.4, 0.5) is 0 Å². The summed E-state index contributed by atoms with van der Waals surface area (Å²) in [4.78, 5) is 22.5. The lowest BCUT2D eigenvalue weighted by atomic mass is 9.96. The Hall–Kier alpha value is -0.900. The van der Waals surface area contributed by atoms with Crippen LogP contribution in [0, 0.1) is 0 Å². The van der Waals surface area contributed by atoms with Crippen LogP contribution >= 0.6 is 0 Å². The minimum Gasteiger partial charge on any atom is -0.479 e. The largest absolute Gasteiger partial charge is 0.479 e. The van der Waals surface area contributed by atoms with E-state index in [-0.39, 0.29) is 6.42 Å². The number of aliphatic carboxylic acids is 1. The van der Waals surface area contributed by atoms with Gasteiger partial charge in [-0.25, -0.2) is 4.79 Å². The summed E-state index contributed by atoms with van der Waals surface area (Å²) < 4.78 is 0. The number of Topliss-reactive ketones (excluding diaryl/α,β-unsaturated/α-hetero) is 1. The number of carboxylic acid groups (broad SMARTS) is 1. The third-order valence-corrected chi connectivity index (χ3v) is 5.97. The van der Waals surface area contributed by atoms with Gasteiger partial charge in [0.25, 0.3) is 0 Å². The van der Waals surface area contributed by atoms with Gasteiger partial charge in [0.1, 0.15) is 0 Å². The number of ketones is 1. The van der Waals surface area contributed by atoms with Gasteiger partial charge in [-0.05, 0) is 13.3 Å². The molecule has 0 saturated carbocycles. The molecular weight excluding hydrogens is 364 g/mol. The van der Waals surface area contributed by atoms with E-state index in [0.29, 0.717) is 6.42 Å². The van der Waals surface area contributed by atoms with Crippen molar-refractivity contribution in [2.75, 3.05) is 0 Å². The quantitative estimate of drug-likeness (QED) is 0.145. The molecule has 4 heteroatoms. The van der Waals surface area contributed by atoms with Crippen molar-refractivity contribution in [2.24, 2.45) is 0 Å². The SMILES string of the molecule is CCCCCCCCCCCCCCCCCCCCCC(=O)C(C)(O)C(=O)O. The average Bonchev–Trinajstić information content (AvgIpc) is 2.69. The predicted octanol–water partition coefficient (Wildman–Crippen LogP) is 7.21. The van der Waals surface area contributed by atoms with Crippen LogP contribution in [0.2, 0.25) is 0 Å². The maximum atomic E-state index is 11.7. The molecule has 0 aliphatic rings. The highest BCUT2D eigenvalue weighted by Crippen LogP contribution is 2.16. The molecule has 29 heavy (non-hydrogen) atoms. The van der Waals surface area contributed by atoms with Crippen LogP contribution in [-0.2, 0) is 9.59 Å². The van der Waals surface area contributed by atoms with E-state index in [1.807, 2.05) is 0 Å². The molecule has 1 unspecified atom stereocenters. The lowest BCUT2D eigenvalue weighted by Gasteiger charge is -2.15. The lowest BCUT2D eigenvalue weighted by Crippen LogP contribution is -2.43. The van der Waals surface area contributed by atoms with Gasteiger partial charge in [-0.3, -0.25) is 4.79 Å². The fourth-order valence-corrected chi connectivity index (χ4v) is 3.73. The molecule has 0 bridgehead atoms. The molecule has 1 atom stereocenters. The smallest absolute Gasteiger partial charge is 0.343 e. The van der Waals surface area contributed by atoms with Crippen molar-refractivity contribution in [1.82, 2.24) is 0 Å². The Morgan fingerprint density at radius 2 is 0.862 bits per heavy atom. The molecule has 2 N–H and O–H groups in total. The fraction of sp³-hybridized carbons (Fsp3) is 0.920.